The molecule has 4 N–H and O–H groups in total. The maximum Gasteiger partial charge on any atom is 0.337 e. The van der Waals surface area contributed by atoms with Gasteiger partial charge in [-0.1, -0.05) is 0 Å². The number of pyridine rings is 1. The molecule has 3 rings (SSSR count). The summed E-state index contributed by atoms with van der Waals surface area (Å²) in [7, 11) is 0. The Balaban J connectivity index is 1.88. The molecule has 0 radical (unpaired) electrons. The van der Waals surface area contributed by atoms with Crippen molar-refractivity contribution < 1.29 is 15.0 Å². The molecule has 19 heavy (non-hydrogen) atoms. The van der Waals surface area contributed by atoms with Crippen LogP contribution in [0.2, 0.25) is 0 Å². The van der Waals surface area contributed by atoms with E-state index in [0.29, 0.717) is 18.3 Å². The molecule has 3 unspecified atom stereocenters. The van der Waals surface area contributed by atoms with Gasteiger partial charge in [0.25, 0.3) is 0 Å². The zero-order chi connectivity index (χ0) is 13.6. The molecule has 1 saturated carbocycles. The maximum absolute atomic E-state index is 11.1. The summed E-state index contributed by atoms with van der Waals surface area (Å²) in [5.74, 6) is 0.210. The highest BCUT2D eigenvalue weighted by Gasteiger charge is 2.42. The molecule has 0 amide bonds. The summed E-state index contributed by atoms with van der Waals surface area (Å²) in [5.41, 5.74) is 6.20. The van der Waals surface area contributed by atoms with Crippen molar-refractivity contribution in [3.8, 4) is 0 Å². The van der Waals surface area contributed by atoms with Crippen LogP contribution in [0.4, 0.5) is 11.5 Å². The Labute approximate surface area is 110 Å². The topological polar surface area (TPSA) is 99.7 Å². The minimum atomic E-state index is -1.04. The largest absolute Gasteiger partial charge is 0.478 e. The molecule has 6 nitrogen and oxygen atoms in total. The smallest absolute Gasteiger partial charge is 0.337 e. The number of carbonyl (C=O) groups is 1. The highest BCUT2D eigenvalue weighted by molar-refractivity contribution is 5.96. The van der Waals surface area contributed by atoms with Crippen LogP contribution in [0.25, 0.3) is 0 Å². The first-order valence-corrected chi connectivity index (χ1v) is 6.48. The lowest BCUT2D eigenvalue weighted by molar-refractivity contribution is 0.0698. The third kappa shape index (κ3) is 1.92. The summed E-state index contributed by atoms with van der Waals surface area (Å²) < 4.78 is 0. The van der Waals surface area contributed by atoms with E-state index in [1.165, 1.54) is 12.3 Å². The summed E-state index contributed by atoms with van der Waals surface area (Å²) >= 11 is 0. The minimum absolute atomic E-state index is 0.0857. The number of aromatic nitrogens is 1. The molecule has 2 aliphatic rings. The van der Waals surface area contributed by atoms with Crippen LogP contribution in [0.5, 0.6) is 0 Å². The van der Waals surface area contributed by atoms with Crippen LogP contribution in [-0.2, 0) is 0 Å². The molecular formula is C13H17N3O3. The van der Waals surface area contributed by atoms with Crippen molar-refractivity contribution in [1.82, 2.24) is 4.98 Å². The first kappa shape index (κ1) is 12.2. The molecule has 6 heteroatoms. The van der Waals surface area contributed by atoms with Crippen molar-refractivity contribution in [3.05, 3.63) is 17.8 Å². The van der Waals surface area contributed by atoms with Gasteiger partial charge in [-0.15, -0.1) is 0 Å². The van der Waals surface area contributed by atoms with Crippen molar-refractivity contribution in [2.24, 2.45) is 11.8 Å². The minimum Gasteiger partial charge on any atom is -0.478 e. The van der Waals surface area contributed by atoms with Gasteiger partial charge in [-0.3, -0.25) is 0 Å². The van der Waals surface area contributed by atoms with E-state index in [0.717, 1.165) is 19.4 Å². The molecule has 0 bridgehead atoms. The first-order chi connectivity index (χ1) is 9.08. The SMILES string of the molecule is Nc1c(C(=O)O)ccnc1N1CC2CCC(O)C2C1. The summed E-state index contributed by atoms with van der Waals surface area (Å²) in [5, 5.41) is 19.0. The van der Waals surface area contributed by atoms with E-state index in [1.807, 2.05) is 4.90 Å². The molecule has 0 spiro atoms. The van der Waals surface area contributed by atoms with Gasteiger partial charge in [-0.05, 0) is 24.8 Å². The standard InChI is InChI=1S/C13H17N3O3/c14-11-8(13(18)19)3-4-15-12(11)16-5-7-1-2-10(17)9(7)6-16/h3-4,7,9-10,17H,1-2,5-6,14H2,(H,18,19). The number of hydrogen-bond donors (Lipinski definition) is 3. The van der Waals surface area contributed by atoms with Gasteiger partial charge < -0.3 is 20.8 Å². The number of aliphatic hydroxyl groups excluding tert-OH is 1. The molecule has 102 valence electrons. The summed E-state index contributed by atoms with van der Waals surface area (Å²) in [4.78, 5) is 17.3. The number of nitrogen functional groups attached to an aromatic ring is 1. The lowest BCUT2D eigenvalue weighted by Crippen LogP contribution is -2.26. The molecule has 2 fully saturated rings. The van der Waals surface area contributed by atoms with E-state index < -0.39 is 5.97 Å². The number of carboxylic acids is 1. The van der Waals surface area contributed by atoms with Gasteiger partial charge in [0, 0.05) is 25.2 Å². The van der Waals surface area contributed by atoms with Crippen molar-refractivity contribution in [1.29, 1.82) is 0 Å². The highest BCUT2D eigenvalue weighted by atomic mass is 16.4. The second-order valence-electron chi connectivity index (χ2n) is 5.37. The lowest BCUT2D eigenvalue weighted by Gasteiger charge is -2.21. The van der Waals surface area contributed by atoms with Crippen LogP contribution in [0.15, 0.2) is 12.3 Å². The van der Waals surface area contributed by atoms with E-state index in [4.69, 9.17) is 10.8 Å². The fourth-order valence-electron chi connectivity index (χ4n) is 3.31. The predicted molar refractivity (Wildman–Crippen MR) is 70.0 cm³/mol. The highest BCUT2D eigenvalue weighted by Crippen LogP contribution is 2.40. The number of aromatic carboxylic acids is 1. The third-order valence-electron chi connectivity index (χ3n) is 4.32. The van der Waals surface area contributed by atoms with E-state index >= 15 is 0 Å². The summed E-state index contributed by atoms with van der Waals surface area (Å²) in [6, 6.07) is 1.41. The Bertz CT molecular complexity index is 520. The summed E-state index contributed by atoms with van der Waals surface area (Å²) in [6.45, 7) is 1.49. The zero-order valence-corrected chi connectivity index (χ0v) is 10.5. The number of carboxylic acid groups (broad SMARTS) is 1. The second-order valence-corrected chi connectivity index (χ2v) is 5.37. The molecule has 1 aliphatic carbocycles. The number of nitrogens with two attached hydrogens (primary N) is 1. The number of fused-ring (bicyclic) bond motifs is 1. The predicted octanol–water partition coefficient (Wildman–Crippen LogP) is 0.569. The van der Waals surface area contributed by atoms with Crippen LogP contribution in [0.3, 0.4) is 0 Å². The molecular weight excluding hydrogens is 246 g/mol. The fourth-order valence-corrected chi connectivity index (χ4v) is 3.31. The van der Waals surface area contributed by atoms with E-state index in [2.05, 4.69) is 4.98 Å². The van der Waals surface area contributed by atoms with Gasteiger partial charge in [0.1, 0.15) is 0 Å². The van der Waals surface area contributed by atoms with Crippen LogP contribution >= 0.6 is 0 Å². The van der Waals surface area contributed by atoms with Crippen molar-refractivity contribution in [2.75, 3.05) is 23.7 Å². The first-order valence-electron chi connectivity index (χ1n) is 6.48. The van der Waals surface area contributed by atoms with E-state index in [9.17, 15) is 9.90 Å². The monoisotopic (exact) mass is 263 g/mol. The number of aliphatic hydroxyl groups is 1. The quantitative estimate of drug-likeness (QED) is 0.721. The number of hydrogen-bond acceptors (Lipinski definition) is 5. The molecule has 1 aromatic rings. The van der Waals surface area contributed by atoms with Crippen LogP contribution in [0.1, 0.15) is 23.2 Å². The van der Waals surface area contributed by atoms with Crippen molar-refractivity contribution in [2.45, 2.75) is 18.9 Å². The van der Waals surface area contributed by atoms with Gasteiger partial charge >= 0.3 is 5.97 Å². The number of rotatable bonds is 2. The molecule has 3 atom stereocenters. The fraction of sp³-hybridized carbons (Fsp3) is 0.538. The molecule has 1 saturated heterocycles. The van der Waals surface area contributed by atoms with Gasteiger partial charge in [0.15, 0.2) is 5.82 Å². The summed E-state index contributed by atoms with van der Waals surface area (Å²) in [6.07, 6.45) is 3.10. The molecule has 1 aliphatic heterocycles. The van der Waals surface area contributed by atoms with Crippen LogP contribution in [0, 0.1) is 11.8 Å². The number of nitrogens with zero attached hydrogens (tertiary/aromatic N) is 2. The van der Waals surface area contributed by atoms with Gasteiger partial charge in [-0.25, -0.2) is 9.78 Å². The Morgan fingerprint density at radius 1 is 1.42 bits per heavy atom. The van der Waals surface area contributed by atoms with Crippen molar-refractivity contribution >= 4 is 17.5 Å². The Hall–Kier alpha value is -1.82. The second kappa shape index (κ2) is 4.38. The van der Waals surface area contributed by atoms with Crippen LogP contribution < -0.4 is 10.6 Å². The van der Waals surface area contributed by atoms with Gasteiger partial charge in [0.2, 0.25) is 0 Å². The van der Waals surface area contributed by atoms with Gasteiger partial charge in [0.05, 0.1) is 17.4 Å². The Morgan fingerprint density at radius 2 is 2.21 bits per heavy atom. The van der Waals surface area contributed by atoms with Crippen molar-refractivity contribution in [3.63, 3.8) is 0 Å². The molecule has 2 heterocycles. The molecule has 0 aromatic carbocycles. The van der Waals surface area contributed by atoms with Crippen LogP contribution in [-0.4, -0.2) is 40.4 Å². The average Bonchev–Trinajstić information content (AvgIpc) is 2.92. The van der Waals surface area contributed by atoms with Gasteiger partial charge in [-0.2, -0.15) is 0 Å². The lowest BCUT2D eigenvalue weighted by atomic mass is 10.00. The Morgan fingerprint density at radius 3 is 2.89 bits per heavy atom. The number of anilines is 2. The maximum atomic E-state index is 11.1. The molecule has 1 aromatic heterocycles. The third-order valence-corrected chi connectivity index (χ3v) is 4.32. The van der Waals surface area contributed by atoms with E-state index in [-0.39, 0.29) is 23.3 Å². The normalized spacial score (nSPS) is 29.5. The zero-order valence-electron chi connectivity index (χ0n) is 10.5. The van der Waals surface area contributed by atoms with E-state index in [1.54, 1.807) is 0 Å². The Kier molecular flexibility index (Phi) is 2.82. The average molecular weight is 263 g/mol.